The van der Waals surface area contributed by atoms with Gasteiger partial charge in [0, 0.05) is 25.7 Å². The quantitative estimate of drug-likeness (QED) is 0.752. The highest BCUT2D eigenvalue weighted by atomic mass is 19.1. The van der Waals surface area contributed by atoms with Gasteiger partial charge in [-0.1, -0.05) is 6.07 Å². The van der Waals surface area contributed by atoms with Crippen LogP contribution >= 0.6 is 0 Å². The summed E-state index contributed by atoms with van der Waals surface area (Å²) in [6.07, 6.45) is 1.22. The molecule has 1 aromatic carbocycles. The lowest BCUT2D eigenvalue weighted by Crippen LogP contribution is -2.18. The van der Waals surface area contributed by atoms with Crippen molar-refractivity contribution in [2.24, 2.45) is 0 Å². The number of nitrogens with one attached hydrogen (secondary N) is 2. The van der Waals surface area contributed by atoms with Gasteiger partial charge in [-0.05, 0) is 31.0 Å². The van der Waals surface area contributed by atoms with Crippen molar-refractivity contribution in [3.63, 3.8) is 0 Å². The summed E-state index contributed by atoms with van der Waals surface area (Å²) in [6.45, 7) is 2.39. The molecule has 0 atom stereocenters. The number of carbonyl (C=O) groups is 1. The third-order valence-electron chi connectivity index (χ3n) is 2.36. The van der Waals surface area contributed by atoms with Gasteiger partial charge in [-0.2, -0.15) is 0 Å². The molecule has 0 spiro atoms. The number of halogens is 1. The topological polar surface area (TPSA) is 41.1 Å². The van der Waals surface area contributed by atoms with Crippen LogP contribution in [-0.4, -0.2) is 19.5 Å². The molecule has 0 radical (unpaired) electrons. The molecule has 0 aliphatic rings. The van der Waals surface area contributed by atoms with Gasteiger partial charge in [0.2, 0.25) is 5.91 Å². The Hall–Kier alpha value is -1.58. The number of amides is 1. The van der Waals surface area contributed by atoms with Crippen molar-refractivity contribution in [1.29, 1.82) is 0 Å². The molecule has 0 aromatic heterocycles. The Morgan fingerprint density at radius 1 is 1.44 bits per heavy atom. The fraction of sp³-hybridized carbons (Fsp3) is 0.417. The summed E-state index contributed by atoms with van der Waals surface area (Å²) in [5, 5.41) is 5.63. The second-order valence-corrected chi connectivity index (χ2v) is 3.67. The molecular weight excluding hydrogens is 207 g/mol. The second kappa shape index (κ2) is 6.10. The molecule has 0 aliphatic carbocycles. The zero-order valence-electron chi connectivity index (χ0n) is 9.64. The molecule has 0 heterocycles. The highest BCUT2D eigenvalue weighted by Gasteiger charge is 2.00. The number of benzene rings is 1. The molecule has 4 heteroatoms. The van der Waals surface area contributed by atoms with Crippen molar-refractivity contribution in [3.05, 3.63) is 29.6 Å². The van der Waals surface area contributed by atoms with Crippen LogP contribution in [0.3, 0.4) is 0 Å². The molecule has 0 fully saturated rings. The summed E-state index contributed by atoms with van der Waals surface area (Å²) in [6, 6.07) is 5.03. The molecule has 0 saturated carbocycles. The van der Waals surface area contributed by atoms with E-state index in [9.17, 15) is 9.18 Å². The van der Waals surface area contributed by atoms with Crippen molar-refractivity contribution in [2.45, 2.75) is 19.8 Å². The Balaban J connectivity index is 2.32. The van der Waals surface area contributed by atoms with Gasteiger partial charge in [-0.15, -0.1) is 0 Å². The van der Waals surface area contributed by atoms with E-state index >= 15 is 0 Å². The maximum Gasteiger partial charge on any atom is 0.219 e. The lowest BCUT2D eigenvalue weighted by atomic mass is 10.2. The fourth-order valence-corrected chi connectivity index (χ4v) is 1.31. The van der Waals surface area contributed by atoms with E-state index in [0.29, 0.717) is 18.5 Å². The molecule has 2 N–H and O–H groups in total. The van der Waals surface area contributed by atoms with E-state index in [-0.39, 0.29) is 11.7 Å². The molecule has 0 aliphatic heterocycles. The Kier molecular flexibility index (Phi) is 4.76. The summed E-state index contributed by atoms with van der Waals surface area (Å²) in [4.78, 5) is 10.9. The highest BCUT2D eigenvalue weighted by Crippen LogP contribution is 2.13. The first-order valence-corrected chi connectivity index (χ1v) is 5.34. The first-order chi connectivity index (χ1) is 7.63. The molecule has 88 valence electrons. The predicted octanol–water partition coefficient (Wildman–Crippen LogP) is 2.07. The van der Waals surface area contributed by atoms with Gasteiger partial charge in [-0.25, -0.2) is 4.39 Å². The van der Waals surface area contributed by atoms with Crippen molar-refractivity contribution in [3.8, 4) is 0 Å². The summed E-state index contributed by atoms with van der Waals surface area (Å²) in [5.41, 5.74) is 1.39. The lowest BCUT2D eigenvalue weighted by molar-refractivity contribution is -0.120. The Bertz CT molecular complexity index is 366. The first kappa shape index (κ1) is 12.5. The molecule has 0 unspecified atom stereocenters. The van der Waals surface area contributed by atoms with Gasteiger partial charge >= 0.3 is 0 Å². The van der Waals surface area contributed by atoms with Crippen molar-refractivity contribution in [1.82, 2.24) is 5.32 Å². The van der Waals surface area contributed by atoms with E-state index in [1.54, 1.807) is 20.0 Å². The third-order valence-corrected chi connectivity index (χ3v) is 2.36. The minimum atomic E-state index is -0.212. The van der Waals surface area contributed by atoms with Crippen LogP contribution in [0.15, 0.2) is 18.2 Å². The number of hydrogen-bond donors (Lipinski definition) is 2. The summed E-state index contributed by atoms with van der Waals surface area (Å²) in [7, 11) is 1.62. The van der Waals surface area contributed by atoms with E-state index in [1.807, 2.05) is 6.07 Å². The SMILES string of the molecule is CNC(=O)CCCNc1ccc(C)c(F)c1. The van der Waals surface area contributed by atoms with Gasteiger partial charge in [0.05, 0.1) is 0 Å². The largest absolute Gasteiger partial charge is 0.385 e. The summed E-state index contributed by atoms with van der Waals surface area (Å²) in [5.74, 6) is -0.187. The second-order valence-electron chi connectivity index (χ2n) is 3.67. The van der Waals surface area contributed by atoms with E-state index in [4.69, 9.17) is 0 Å². The lowest BCUT2D eigenvalue weighted by Gasteiger charge is -2.06. The Labute approximate surface area is 95.0 Å². The molecule has 1 amide bonds. The average Bonchev–Trinajstić information content (AvgIpc) is 2.28. The van der Waals surface area contributed by atoms with Gasteiger partial charge < -0.3 is 10.6 Å². The molecule has 0 bridgehead atoms. The van der Waals surface area contributed by atoms with Crippen LogP contribution in [0.25, 0.3) is 0 Å². The van der Waals surface area contributed by atoms with Gasteiger partial charge in [0.1, 0.15) is 5.82 Å². The van der Waals surface area contributed by atoms with Crippen LogP contribution in [0.5, 0.6) is 0 Å². The van der Waals surface area contributed by atoms with Crippen molar-refractivity contribution in [2.75, 3.05) is 18.9 Å². The maximum atomic E-state index is 13.2. The van der Waals surface area contributed by atoms with Gasteiger partial charge in [0.15, 0.2) is 0 Å². The number of aryl methyl sites for hydroxylation is 1. The minimum Gasteiger partial charge on any atom is -0.385 e. The van der Waals surface area contributed by atoms with Gasteiger partial charge in [0.25, 0.3) is 0 Å². The van der Waals surface area contributed by atoms with Gasteiger partial charge in [-0.3, -0.25) is 4.79 Å². The molecule has 0 saturated heterocycles. The van der Waals surface area contributed by atoms with E-state index < -0.39 is 0 Å². The molecule has 1 aromatic rings. The molecule has 16 heavy (non-hydrogen) atoms. The Morgan fingerprint density at radius 3 is 2.81 bits per heavy atom. The monoisotopic (exact) mass is 224 g/mol. The normalized spacial score (nSPS) is 9.94. The fourth-order valence-electron chi connectivity index (χ4n) is 1.31. The summed E-state index contributed by atoms with van der Waals surface area (Å²) >= 11 is 0. The number of carbonyl (C=O) groups excluding carboxylic acids is 1. The van der Waals surface area contributed by atoms with E-state index in [0.717, 1.165) is 12.1 Å². The number of hydrogen-bond acceptors (Lipinski definition) is 2. The highest BCUT2D eigenvalue weighted by molar-refractivity contribution is 5.75. The Morgan fingerprint density at radius 2 is 2.19 bits per heavy atom. The van der Waals surface area contributed by atoms with Crippen LogP contribution in [0.4, 0.5) is 10.1 Å². The van der Waals surface area contributed by atoms with Crippen molar-refractivity contribution >= 4 is 11.6 Å². The third kappa shape index (κ3) is 3.88. The maximum absolute atomic E-state index is 13.2. The zero-order valence-corrected chi connectivity index (χ0v) is 9.64. The minimum absolute atomic E-state index is 0.0249. The van der Waals surface area contributed by atoms with E-state index in [2.05, 4.69) is 10.6 Å². The summed E-state index contributed by atoms with van der Waals surface area (Å²) < 4.78 is 13.2. The number of rotatable bonds is 5. The standard InChI is InChI=1S/C12H17FN2O/c1-9-5-6-10(8-11(9)13)15-7-3-4-12(16)14-2/h5-6,8,15H,3-4,7H2,1-2H3,(H,14,16). The van der Waals surface area contributed by atoms with Crippen LogP contribution in [0.1, 0.15) is 18.4 Å². The molecule has 3 nitrogen and oxygen atoms in total. The smallest absolute Gasteiger partial charge is 0.219 e. The van der Waals surface area contributed by atoms with E-state index in [1.165, 1.54) is 6.07 Å². The zero-order chi connectivity index (χ0) is 12.0. The first-order valence-electron chi connectivity index (χ1n) is 5.34. The van der Waals surface area contributed by atoms with Crippen LogP contribution in [0, 0.1) is 12.7 Å². The predicted molar refractivity (Wildman–Crippen MR) is 62.9 cm³/mol. The number of anilines is 1. The molecule has 1 rings (SSSR count). The van der Waals surface area contributed by atoms with Crippen LogP contribution in [-0.2, 0) is 4.79 Å². The van der Waals surface area contributed by atoms with Crippen LogP contribution < -0.4 is 10.6 Å². The molecular formula is C12H17FN2O. The average molecular weight is 224 g/mol. The van der Waals surface area contributed by atoms with Crippen molar-refractivity contribution < 1.29 is 9.18 Å². The van der Waals surface area contributed by atoms with Crippen LogP contribution in [0.2, 0.25) is 0 Å².